The molecule has 1 heterocycles. The van der Waals surface area contributed by atoms with Crippen molar-refractivity contribution in [3.8, 4) is 11.5 Å². The Labute approximate surface area is 178 Å². The SMILES string of the molecule is Cc1cc(F)c2nc(-c3cc(F)cc(NC(=O)c4ccc(F)c(F)c4Cl)c3C)oc2c1. The molecule has 0 spiro atoms. The van der Waals surface area contributed by atoms with Gasteiger partial charge in [-0.3, -0.25) is 4.79 Å². The van der Waals surface area contributed by atoms with Crippen LogP contribution in [0.1, 0.15) is 21.5 Å². The van der Waals surface area contributed by atoms with Crippen molar-refractivity contribution in [1.29, 1.82) is 0 Å². The fourth-order valence-corrected chi connectivity index (χ4v) is 3.39. The molecule has 31 heavy (non-hydrogen) atoms. The number of nitrogens with one attached hydrogen (secondary N) is 1. The molecule has 158 valence electrons. The minimum atomic E-state index is -1.37. The second-order valence-corrected chi connectivity index (χ2v) is 7.29. The van der Waals surface area contributed by atoms with E-state index in [-0.39, 0.29) is 33.8 Å². The van der Waals surface area contributed by atoms with Gasteiger partial charge in [-0.2, -0.15) is 0 Å². The molecular weight excluding hydrogens is 436 g/mol. The van der Waals surface area contributed by atoms with Gasteiger partial charge in [0.1, 0.15) is 11.3 Å². The minimum absolute atomic E-state index is 0.0107. The summed E-state index contributed by atoms with van der Waals surface area (Å²) >= 11 is 5.72. The van der Waals surface area contributed by atoms with Gasteiger partial charge in [0.05, 0.1) is 10.6 Å². The monoisotopic (exact) mass is 448 g/mol. The molecule has 0 aliphatic heterocycles. The van der Waals surface area contributed by atoms with Gasteiger partial charge in [0, 0.05) is 11.3 Å². The number of oxazole rings is 1. The number of carbonyl (C=O) groups excluding carboxylic acids is 1. The number of benzene rings is 3. The van der Waals surface area contributed by atoms with Crippen LogP contribution in [0.3, 0.4) is 0 Å². The van der Waals surface area contributed by atoms with E-state index in [2.05, 4.69) is 10.3 Å². The smallest absolute Gasteiger partial charge is 0.257 e. The summed E-state index contributed by atoms with van der Waals surface area (Å²) in [7, 11) is 0. The third-order valence-corrected chi connectivity index (χ3v) is 5.09. The number of aromatic nitrogens is 1. The lowest BCUT2D eigenvalue weighted by Crippen LogP contribution is -2.14. The Morgan fingerprint density at radius 2 is 1.77 bits per heavy atom. The predicted octanol–water partition coefficient (Wildman–Crippen LogP) is 6.57. The van der Waals surface area contributed by atoms with Gasteiger partial charge < -0.3 is 9.73 Å². The number of amides is 1. The van der Waals surface area contributed by atoms with Crippen molar-refractivity contribution >= 4 is 34.3 Å². The first-order valence-corrected chi connectivity index (χ1v) is 9.35. The van der Waals surface area contributed by atoms with Crippen molar-refractivity contribution < 1.29 is 26.8 Å². The lowest BCUT2D eigenvalue weighted by atomic mass is 10.1. The first-order valence-electron chi connectivity index (χ1n) is 8.97. The van der Waals surface area contributed by atoms with Crippen LogP contribution in [0.5, 0.6) is 0 Å². The molecule has 1 N–H and O–H groups in total. The summed E-state index contributed by atoms with van der Waals surface area (Å²) in [5.74, 6) is -4.80. The molecule has 1 amide bonds. The van der Waals surface area contributed by atoms with E-state index in [1.54, 1.807) is 19.9 Å². The van der Waals surface area contributed by atoms with Crippen LogP contribution in [-0.4, -0.2) is 10.9 Å². The van der Waals surface area contributed by atoms with Crippen LogP contribution >= 0.6 is 11.6 Å². The van der Waals surface area contributed by atoms with Crippen LogP contribution in [0.2, 0.25) is 5.02 Å². The van der Waals surface area contributed by atoms with Gasteiger partial charge >= 0.3 is 0 Å². The Balaban J connectivity index is 1.76. The maximum atomic E-state index is 14.3. The quantitative estimate of drug-likeness (QED) is 0.285. The standard InChI is InChI=1S/C22H13ClF4N2O2/c1-9-5-15(26)20-17(6-9)31-22(29-20)13-7-11(24)8-16(10(13)2)28-21(30)12-3-4-14(25)19(27)18(12)23/h3-8H,1-2H3,(H,28,30). The molecule has 0 radical (unpaired) electrons. The van der Waals surface area contributed by atoms with Gasteiger partial charge in [0.25, 0.3) is 5.91 Å². The Morgan fingerprint density at radius 3 is 2.52 bits per heavy atom. The third-order valence-electron chi connectivity index (χ3n) is 4.72. The van der Waals surface area contributed by atoms with Crippen molar-refractivity contribution in [3.63, 3.8) is 0 Å². The normalized spacial score (nSPS) is 11.2. The summed E-state index contributed by atoms with van der Waals surface area (Å²) in [6.45, 7) is 3.25. The molecule has 4 nitrogen and oxygen atoms in total. The van der Waals surface area contributed by atoms with E-state index in [0.29, 0.717) is 11.1 Å². The topological polar surface area (TPSA) is 55.1 Å². The second-order valence-electron chi connectivity index (χ2n) is 6.92. The van der Waals surface area contributed by atoms with Crippen molar-refractivity contribution in [2.24, 2.45) is 0 Å². The molecule has 4 aromatic rings. The molecule has 3 aromatic carbocycles. The highest BCUT2D eigenvalue weighted by atomic mass is 35.5. The maximum Gasteiger partial charge on any atom is 0.257 e. The molecule has 0 saturated heterocycles. The van der Waals surface area contributed by atoms with Crippen molar-refractivity contribution in [1.82, 2.24) is 4.98 Å². The van der Waals surface area contributed by atoms with E-state index in [9.17, 15) is 22.4 Å². The molecule has 9 heteroatoms. The lowest BCUT2D eigenvalue weighted by molar-refractivity contribution is 0.102. The van der Waals surface area contributed by atoms with Crippen molar-refractivity contribution in [2.75, 3.05) is 5.32 Å². The summed E-state index contributed by atoms with van der Waals surface area (Å²) in [6, 6.07) is 6.83. The van der Waals surface area contributed by atoms with Gasteiger partial charge in [0.2, 0.25) is 5.89 Å². The van der Waals surface area contributed by atoms with Gasteiger partial charge in [-0.1, -0.05) is 11.6 Å². The van der Waals surface area contributed by atoms with Crippen LogP contribution < -0.4 is 5.32 Å². The highest BCUT2D eigenvalue weighted by Gasteiger charge is 2.21. The lowest BCUT2D eigenvalue weighted by Gasteiger charge is -2.12. The molecule has 0 bridgehead atoms. The van der Waals surface area contributed by atoms with Crippen LogP contribution in [0.4, 0.5) is 23.2 Å². The van der Waals surface area contributed by atoms with E-state index in [0.717, 1.165) is 24.3 Å². The summed E-state index contributed by atoms with van der Waals surface area (Å²) in [4.78, 5) is 16.6. The number of rotatable bonds is 3. The molecule has 0 fully saturated rings. The fourth-order valence-electron chi connectivity index (χ4n) is 3.15. The minimum Gasteiger partial charge on any atom is -0.436 e. The largest absolute Gasteiger partial charge is 0.436 e. The van der Waals surface area contributed by atoms with Crippen LogP contribution in [0.25, 0.3) is 22.6 Å². The number of halogens is 5. The molecule has 0 aliphatic carbocycles. The van der Waals surface area contributed by atoms with E-state index in [1.807, 2.05) is 0 Å². The van der Waals surface area contributed by atoms with Gasteiger partial charge in [-0.15, -0.1) is 0 Å². The van der Waals surface area contributed by atoms with Crippen LogP contribution in [-0.2, 0) is 0 Å². The van der Waals surface area contributed by atoms with Gasteiger partial charge in [0.15, 0.2) is 23.0 Å². The average molecular weight is 449 g/mol. The van der Waals surface area contributed by atoms with E-state index in [4.69, 9.17) is 16.0 Å². The number of hydrogen-bond donors (Lipinski definition) is 1. The number of anilines is 1. The predicted molar refractivity (Wildman–Crippen MR) is 108 cm³/mol. The summed E-state index contributed by atoms with van der Waals surface area (Å²) < 4.78 is 61.0. The zero-order chi connectivity index (χ0) is 22.4. The highest BCUT2D eigenvalue weighted by molar-refractivity contribution is 6.34. The van der Waals surface area contributed by atoms with Crippen LogP contribution in [0.15, 0.2) is 40.8 Å². The van der Waals surface area contributed by atoms with E-state index < -0.39 is 34.2 Å². The molecule has 0 aliphatic rings. The van der Waals surface area contributed by atoms with Gasteiger partial charge in [-0.25, -0.2) is 22.5 Å². The number of nitrogens with zero attached hydrogens (tertiary/aromatic N) is 1. The molecule has 0 atom stereocenters. The Morgan fingerprint density at radius 1 is 1.03 bits per heavy atom. The Kier molecular flexibility index (Phi) is 5.18. The summed E-state index contributed by atoms with van der Waals surface area (Å²) in [5.41, 5.74) is 1.04. The Bertz CT molecular complexity index is 1370. The number of fused-ring (bicyclic) bond motifs is 1. The molecule has 1 aromatic heterocycles. The number of hydrogen-bond acceptors (Lipinski definition) is 3. The number of aryl methyl sites for hydroxylation is 1. The van der Waals surface area contributed by atoms with Crippen molar-refractivity contribution in [3.05, 3.63) is 81.4 Å². The number of carbonyl (C=O) groups is 1. The highest BCUT2D eigenvalue weighted by Crippen LogP contribution is 2.33. The molecule has 0 unspecified atom stereocenters. The maximum absolute atomic E-state index is 14.3. The van der Waals surface area contributed by atoms with Crippen LogP contribution in [0, 0.1) is 37.1 Å². The molecule has 4 rings (SSSR count). The second kappa shape index (κ2) is 7.70. The summed E-state index contributed by atoms with van der Waals surface area (Å²) in [6.07, 6.45) is 0. The first kappa shape index (κ1) is 20.9. The zero-order valence-electron chi connectivity index (χ0n) is 16.1. The summed E-state index contributed by atoms with van der Waals surface area (Å²) in [5, 5.41) is 1.73. The van der Waals surface area contributed by atoms with Crippen molar-refractivity contribution in [2.45, 2.75) is 13.8 Å². The third kappa shape index (κ3) is 3.74. The zero-order valence-corrected chi connectivity index (χ0v) is 16.9. The van der Waals surface area contributed by atoms with Gasteiger partial charge in [-0.05, 0) is 61.4 Å². The molecular formula is C22H13ClF4N2O2. The van der Waals surface area contributed by atoms with E-state index in [1.165, 1.54) is 6.07 Å². The Hall–Kier alpha value is -3.39. The van der Waals surface area contributed by atoms with E-state index >= 15 is 0 Å². The molecule has 0 saturated carbocycles. The average Bonchev–Trinajstić information content (AvgIpc) is 3.12. The fraction of sp³-hybridized carbons (Fsp3) is 0.0909. The first-order chi connectivity index (χ1) is 14.7.